The summed E-state index contributed by atoms with van der Waals surface area (Å²) in [6.07, 6.45) is 1.63. The first-order valence-corrected chi connectivity index (χ1v) is 10.1. The van der Waals surface area contributed by atoms with Gasteiger partial charge in [-0.2, -0.15) is 13.9 Å². The fraction of sp³-hybridized carbons (Fsp3) is 0.304. The van der Waals surface area contributed by atoms with Crippen molar-refractivity contribution in [2.75, 3.05) is 11.9 Å². The van der Waals surface area contributed by atoms with Crippen LogP contribution in [0, 0.1) is 0 Å². The van der Waals surface area contributed by atoms with Crippen molar-refractivity contribution in [3.63, 3.8) is 0 Å². The lowest BCUT2D eigenvalue weighted by Gasteiger charge is -2.13. The summed E-state index contributed by atoms with van der Waals surface area (Å²) >= 11 is 0. The summed E-state index contributed by atoms with van der Waals surface area (Å²) < 4.78 is 42.0. The fourth-order valence-corrected chi connectivity index (χ4v) is 2.89. The second-order valence-electron chi connectivity index (χ2n) is 7.16. The first kappa shape index (κ1) is 23.1. The molecule has 0 fully saturated rings. The number of halogens is 2. The molecule has 9 heteroatoms. The molecule has 0 aliphatic carbocycles. The lowest BCUT2D eigenvalue weighted by atomic mass is 10.0. The average molecular weight is 445 g/mol. The maximum atomic E-state index is 12.5. The first-order chi connectivity index (χ1) is 15.4. The molecule has 2 aromatic carbocycles. The molecule has 1 amide bonds. The molecule has 3 aromatic rings. The van der Waals surface area contributed by atoms with Gasteiger partial charge >= 0.3 is 6.61 Å². The van der Waals surface area contributed by atoms with Gasteiger partial charge in [-0.1, -0.05) is 26.0 Å². The van der Waals surface area contributed by atoms with Crippen molar-refractivity contribution in [1.82, 2.24) is 9.78 Å². The molecule has 0 aliphatic rings. The van der Waals surface area contributed by atoms with Crippen LogP contribution in [0.3, 0.4) is 0 Å². The highest BCUT2D eigenvalue weighted by Crippen LogP contribution is 2.32. The van der Waals surface area contributed by atoms with Gasteiger partial charge in [0.2, 0.25) is 0 Å². The number of carbonyl (C=O) groups is 1. The van der Waals surface area contributed by atoms with Crippen molar-refractivity contribution in [2.45, 2.75) is 40.0 Å². The van der Waals surface area contributed by atoms with Gasteiger partial charge in [-0.05, 0) is 48.7 Å². The number of alkyl halides is 2. The van der Waals surface area contributed by atoms with Gasteiger partial charge < -0.3 is 19.5 Å². The van der Waals surface area contributed by atoms with E-state index in [9.17, 15) is 13.6 Å². The molecule has 0 saturated carbocycles. The monoisotopic (exact) mass is 445 g/mol. The third-order valence-corrected chi connectivity index (χ3v) is 4.50. The number of ether oxygens (including phenoxy) is 3. The number of aromatic nitrogens is 2. The van der Waals surface area contributed by atoms with Gasteiger partial charge in [0.15, 0.2) is 23.9 Å². The molecule has 0 unspecified atom stereocenters. The van der Waals surface area contributed by atoms with E-state index in [1.165, 1.54) is 28.4 Å². The van der Waals surface area contributed by atoms with Gasteiger partial charge in [0.25, 0.3) is 5.91 Å². The second-order valence-corrected chi connectivity index (χ2v) is 7.16. The molecule has 0 saturated heterocycles. The molecule has 0 atom stereocenters. The Kier molecular flexibility index (Phi) is 7.64. The van der Waals surface area contributed by atoms with Gasteiger partial charge in [0, 0.05) is 18.0 Å². The van der Waals surface area contributed by atoms with Crippen molar-refractivity contribution < 1.29 is 27.8 Å². The number of nitrogens with zero attached hydrogens (tertiary/aromatic N) is 2. The third-order valence-electron chi connectivity index (χ3n) is 4.50. The number of rotatable bonds is 10. The van der Waals surface area contributed by atoms with Gasteiger partial charge in [0.1, 0.15) is 5.75 Å². The molecule has 32 heavy (non-hydrogen) atoms. The summed E-state index contributed by atoms with van der Waals surface area (Å²) in [6, 6.07) is 13.5. The summed E-state index contributed by atoms with van der Waals surface area (Å²) in [4.78, 5) is 12.5. The summed E-state index contributed by atoms with van der Waals surface area (Å²) in [7, 11) is 0. The van der Waals surface area contributed by atoms with Gasteiger partial charge in [-0.15, -0.1) is 0 Å². The van der Waals surface area contributed by atoms with Crippen LogP contribution in [-0.4, -0.2) is 28.9 Å². The topological polar surface area (TPSA) is 74.6 Å². The van der Waals surface area contributed by atoms with Gasteiger partial charge in [-0.3, -0.25) is 4.79 Å². The van der Waals surface area contributed by atoms with E-state index in [0.717, 1.165) is 0 Å². The summed E-state index contributed by atoms with van der Waals surface area (Å²) in [5.41, 5.74) is 1.75. The average Bonchev–Trinajstić information content (AvgIpc) is 3.23. The van der Waals surface area contributed by atoms with E-state index in [1.807, 2.05) is 24.3 Å². The van der Waals surface area contributed by atoms with Crippen LogP contribution in [0.1, 0.15) is 42.7 Å². The van der Waals surface area contributed by atoms with Crippen LogP contribution in [0.15, 0.2) is 54.7 Å². The van der Waals surface area contributed by atoms with Crippen molar-refractivity contribution in [3.05, 3.63) is 66.0 Å². The largest absolute Gasteiger partial charge is 0.490 e. The number of carbonyl (C=O) groups excluding carboxylic acids is 1. The predicted molar refractivity (Wildman–Crippen MR) is 116 cm³/mol. The summed E-state index contributed by atoms with van der Waals surface area (Å²) in [5, 5.41) is 6.87. The highest BCUT2D eigenvalue weighted by atomic mass is 19.3. The summed E-state index contributed by atoms with van der Waals surface area (Å²) in [6.45, 7) is 3.37. The Hall–Kier alpha value is -3.62. The number of amides is 1. The predicted octanol–water partition coefficient (Wildman–Crippen LogP) is 5.30. The molecule has 1 heterocycles. The van der Waals surface area contributed by atoms with E-state index in [2.05, 4.69) is 29.0 Å². The number of anilines is 1. The lowest BCUT2D eigenvalue weighted by molar-refractivity contribution is -0.0514. The zero-order valence-corrected chi connectivity index (χ0v) is 18.0. The molecular weight excluding hydrogens is 420 g/mol. The van der Waals surface area contributed by atoms with E-state index in [0.29, 0.717) is 17.4 Å². The Morgan fingerprint density at radius 1 is 1.06 bits per heavy atom. The molecule has 170 valence electrons. The Labute approximate surface area is 184 Å². The zero-order valence-electron chi connectivity index (χ0n) is 18.0. The maximum absolute atomic E-state index is 12.5. The van der Waals surface area contributed by atoms with Crippen molar-refractivity contribution in [3.8, 4) is 17.2 Å². The molecule has 0 aliphatic heterocycles. The molecule has 1 N–H and O–H groups in total. The Bertz CT molecular complexity index is 1040. The zero-order chi connectivity index (χ0) is 23.1. The standard InChI is InChI=1S/C23H25F2N3O4/c1-4-30-21-13-17(7-10-20(21)32-23(24)25)26-22(29)19-11-12-28(27-19)14-31-18-8-5-16(6-9-18)15(2)3/h5-13,15,23H,4,14H2,1-3H3,(H,26,29). The molecule has 0 spiro atoms. The van der Waals surface area contributed by atoms with E-state index >= 15 is 0 Å². The lowest BCUT2D eigenvalue weighted by Crippen LogP contribution is -2.14. The van der Waals surface area contributed by atoms with Crippen LogP contribution in [0.2, 0.25) is 0 Å². The maximum Gasteiger partial charge on any atom is 0.387 e. The van der Waals surface area contributed by atoms with Crippen LogP contribution >= 0.6 is 0 Å². The van der Waals surface area contributed by atoms with E-state index in [-0.39, 0.29) is 30.5 Å². The van der Waals surface area contributed by atoms with Gasteiger partial charge in [0.05, 0.1) is 6.61 Å². The van der Waals surface area contributed by atoms with E-state index in [4.69, 9.17) is 9.47 Å². The number of nitrogens with one attached hydrogen (secondary N) is 1. The van der Waals surface area contributed by atoms with Crippen molar-refractivity contribution in [1.29, 1.82) is 0 Å². The molecular formula is C23H25F2N3O4. The molecule has 3 rings (SSSR count). The Morgan fingerprint density at radius 3 is 2.47 bits per heavy atom. The highest BCUT2D eigenvalue weighted by molar-refractivity contribution is 6.02. The number of benzene rings is 2. The van der Waals surface area contributed by atoms with Crippen LogP contribution in [0.25, 0.3) is 0 Å². The normalized spacial score (nSPS) is 11.0. The van der Waals surface area contributed by atoms with Crippen LogP contribution in [0.5, 0.6) is 17.2 Å². The number of hydrogen-bond donors (Lipinski definition) is 1. The third kappa shape index (κ3) is 6.19. The molecule has 0 radical (unpaired) electrons. The SMILES string of the molecule is CCOc1cc(NC(=O)c2ccn(COc3ccc(C(C)C)cc3)n2)ccc1OC(F)F. The molecule has 7 nitrogen and oxygen atoms in total. The fourth-order valence-electron chi connectivity index (χ4n) is 2.89. The van der Waals surface area contributed by atoms with E-state index in [1.54, 1.807) is 19.2 Å². The van der Waals surface area contributed by atoms with Crippen LogP contribution in [0.4, 0.5) is 14.5 Å². The minimum atomic E-state index is -2.98. The smallest absolute Gasteiger partial charge is 0.387 e. The second kappa shape index (κ2) is 10.6. The van der Waals surface area contributed by atoms with Crippen molar-refractivity contribution >= 4 is 11.6 Å². The van der Waals surface area contributed by atoms with E-state index < -0.39 is 12.5 Å². The Balaban J connectivity index is 1.61. The number of hydrogen-bond acceptors (Lipinski definition) is 5. The van der Waals surface area contributed by atoms with Crippen LogP contribution < -0.4 is 19.5 Å². The molecule has 1 aromatic heterocycles. The minimum Gasteiger partial charge on any atom is -0.490 e. The Morgan fingerprint density at radius 2 is 1.81 bits per heavy atom. The van der Waals surface area contributed by atoms with Crippen molar-refractivity contribution in [2.24, 2.45) is 0 Å². The summed E-state index contributed by atoms with van der Waals surface area (Å²) in [5.74, 6) is 0.671. The van der Waals surface area contributed by atoms with Crippen LogP contribution in [-0.2, 0) is 6.73 Å². The first-order valence-electron chi connectivity index (χ1n) is 10.1. The van der Waals surface area contributed by atoms with Gasteiger partial charge in [-0.25, -0.2) is 4.68 Å². The minimum absolute atomic E-state index is 0.105. The highest BCUT2D eigenvalue weighted by Gasteiger charge is 2.15. The molecule has 0 bridgehead atoms. The quantitative estimate of drug-likeness (QED) is 0.459.